The summed E-state index contributed by atoms with van der Waals surface area (Å²) >= 11 is 3.22. The van der Waals surface area contributed by atoms with Gasteiger partial charge in [0.2, 0.25) is 0 Å². The first-order valence-corrected chi connectivity index (χ1v) is 6.19. The molecule has 0 fully saturated rings. The monoisotopic (exact) mass is 312 g/mol. The summed E-state index contributed by atoms with van der Waals surface area (Å²) < 4.78 is 5.46. The van der Waals surface area contributed by atoms with E-state index in [1.807, 2.05) is 0 Å². The molecule has 0 heterocycles. The summed E-state index contributed by atoms with van der Waals surface area (Å²) in [5, 5.41) is 9.04. The van der Waals surface area contributed by atoms with Gasteiger partial charge in [-0.3, -0.25) is 4.79 Å². The molecule has 0 unspecified atom stereocenters. The zero-order valence-electron chi connectivity index (χ0n) is 9.85. The lowest BCUT2D eigenvalue weighted by atomic mass is 10.1. The first-order chi connectivity index (χ1) is 8.54. The SMILES string of the molecule is CCOC(=O)CC=Cc1ccc(Br)cc1C(=O)O. The summed E-state index contributed by atoms with van der Waals surface area (Å²) in [5.74, 6) is -1.34. The van der Waals surface area contributed by atoms with E-state index >= 15 is 0 Å². The standard InChI is InChI=1S/C13H13BrO4/c1-2-18-12(15)5-3-4-9-6-7-10(14)8-11(9)13(16)17/h3-4,6-8H,2,5H2,1H3,(H,16,17). The second-order valence-electron chi connectivity index (χ2n) is 3.45. The molecule has 1 aromatic carbocycles. The van der Waals surface area contributed by atoms with Crippen LogP contribution in [0.15, 0.2) is 28.7 Å². The first kappa shape index (κ1) is 14.4. The zero-order chi connectivity index (χ0) is 13.5. The van der Waals surface area contributed by atoms with Crippen LogP contribution in [0.5, 0.6) is 0 Å². The lowest BCUT2D eigenvalue weighted by Gasteiger charge is -2.02. The third-order valence-corrected chi connectivity index (χ3v) is 2.63. The van der Waals surface area contributed by atoms with Crippen molar-refractivity contribution >= 4 is 33.9 Å². The molecular weight excluding hydrogens is 300 g/mol. The van der Waals surface area contributed by atoms with E-state index in [4.69, 9.17) is 9.84 Å². The van der Waals surface area contributed by atoms with Gasteiger partial charge in [-0.1, -0.05) is 34.1 Å². The minimum Gasteiger partial charge on any atom is -0.478 e. The smallest absolute Gasteiger partial charge is 0.336 e. The first-order valence-electron chi connectivity index (χ1n) is 5.39. The van der Waals surface area contributed by atoms with Crippen molar-refractivity contribution in [3.63, 3.8) is 0 Å². The van der Waals surface area contributed by atoms with Crippen molar-refractivity contribution in [1.29, 1.82) is 0 Å². The highest BCUT2D eigenvalue weighted by molar-refractivity contribution is 9.10. The number of carbonyl (C=O) groups excluding carboxylic acids is 1. The summed E-state index contributed by atoms with van der Waals surface area (Å²) in [7, 11) is 0. The second-order valence-corrected chi connectivity index (χ2v) is 4.36. The lowest BCUT2D eigenvalue weighted by Crippen LogP contribution is -2.02. The highest BCUT2D eigenvalue weighted by atomic mass is 79.9. The average molecular weight is 313 g/mol. The number of benzene rings is 1. The Bertz CT molecular complexity index is 480. The maximum Gasteiger partial charge on any atom is 0.336 e. The highest BCUT2D eigenvalue weighted by Crippen LogP contribution is 2.18. The van der Waals surface area contributed by atoms with Crippen LogP contribution in [0.1, 0.15) is 29.3 Å². The Morgan fingerprint density at radius 1 is 1.44 bits per heavy atom. The van der Waals surface area contributed by atoms with Gasteiger partial charge < -0.3 is 9.84 Å². The fourth-order valence-corrected chi connectivity index (χ4v) is 1.72. The number of aromatic carboxylic acids is 1. The van der Waals surface area contributed by atoms with Crippen molar-refractivity contribution in [2.75, 3.05) is 6.61 Å². The van der Waals surface area contributed by atoms with Crippen LogP contribution in [0, 0.1) is 0 Å². The number of hydrogen-bond acceptors (Lipinski definition) is 3. The molecule has 1 N–H and O–H groups in total. The Hall–Kier alpha value is -1.62. The van der Waals surface area contributed by atoms with Crippen LogP contribution >= 0.6 is 15.9 Å². The van der Waals surface area contributed by atoms with Crippen LogP contribution in [-0.2, 0) is 9.53 Å². The predicted molar refractivity (Wildman–Crippen MR) is 71.4 cm³/mol. The maximum atomic E-state index is 11.1. The molecule has 0 saturated heterocycles. The van der Waals surface area contributed by atoms with Crippen molar-refractivity contribution in [2.45, 2.75) is 13.3 Å². The number of carbonyl (C=O) groups is 2. The van der Waals surface area contributed by atoms with Gasteiger partial charge in [-0.15, -0.1) is 0 Å². The minimum absolute atomic E-state index is 0.128. The fraction of sp³-hybridized carbons (Fsp3) is 0.231. The van der Waals surface area contributed by atoms with Gasteiger partial charge in [0.1, 0.15) is 0 Å². The number of hydrogen-bond donors (Lipinski definition) is 1. The molecule has 0 saturated carbocycles. The lowest BCUT2D eigenvalue weighted by molar-refractivity contribution is -0.142. The zero-order valence-corrected chi connectivity index (χ0v) is 11.4. The van der Waals surface area contributed by atoms with Crippen LogP contribution in [0.3, 0.4) is 0 Å². The number of ether oxygens (including phenoxy) is 1. The summed E-state index contributed by atoms with van der Waals surface area (Å²) in [6.07, 6.45) is 3.32. The molecule has 0 aromatic heterocycles. The van der Waals surface area contributed by atoms with Crippen LogP contribution < -0.4 is 0 Å². The van der Waals surface area contributed by atoms with Crippen LogP contribution in [0.4, 0.5) is 0 Å². The molecule has 0 aliphatic carbocycles. The summed E-state index contributed by atoms with van der Waals surface area (Å²) in [4.78, 5) is 22.1. The van der Waals surface area contributed by atoms with Crippen molar-refractivity contribution < 1.29 is 19.4 Å². The fourth-order valence-electron chi connectivity index (χ4n) is 1.36. The molecule has 4 nitrogen and oxygen atoms in total. The summed E-state index contributed by atoms with van der Waals surface area (Å²) in [6.45, 7) is 2.07. The van der Waals surface area contributed by atoms with Gasteiger partial charge in [0.15, 0.2) is 0 Å². The second kappa shape index (κ2) is 6.96. The largest absolute Gasteiger partial charge is 0.478 e. The normalized spacial score (nSPS) is 10.6. The van der Waals surface area contributed by atoms with E-state index in [2.05, 4.69) is 15.9 Å². The highest BCUT2D eigenvalue weighted by Gasteiger charge is 2.08. The van der Waals surface area contributed by atoms with Crippen LogP contribution in [-0.4, -0.2) is 23.7 Å². The van der Waals surface area contributed by atoms with Gasteiger partial charge in [-0.05, 0) is 24.6 Å². The number of carboxylic acids is 1. The van der Waals surface area contributed by atoms with Gasteiger partial charge in [-0.2, -0.15) is 0 Å². The molecule has 0 bridgehead atoms. The van der Waals surface area contributed by atoms with E-state index in [0.29, 0.717) is 16.6 Å². The van der Waals surface area contributed by atoms with E-state index in [9.17, 15) is 9.59 Å². The van der Waals surface area contributed by atoms with E-state index in [1.54, 1.807) is 31.2 Å². The molecule has 0 aliphatic heterocycles. The van der Waals surface area contributed by atoms with E-state index in [-0.39, 0.29) is 18.0 Å². The van der Waals surface area contributed by atoms with Crippen molar-refractivity contribution in [3.8, 4) is 0 Å². The van der Waals surface area contributed by atoms with Crippen LogP contribution in [0.25, 0.3) is 6.08 Å². The van der Waals surface area contributed by atoms with Gasteiger partial charge in [0.05, 0.1) is 18.6 Å². The quantitative estimate of drug-likeness (QED) is 0.848. The van der Waals surface area contributed by atoms with E-state index in [1.165, 1.54) is 6.07 Å². The predicted octanol–water partition coefficient (Wildman–Crippen LogP) is 3.11. The van der Waals surface area contributed by atoms with Crippen molar-refractivity contribution in [2.24, 2.45) is 0 Å². The van der Waals surface area contributed by atoms with E-state index in [0.717, 1.165) is 0 Å². The Kier molecular flexibility index (Phi) is 5.58. The molecule has 0 aliphatic rings. The Balaban J connectivity index is 2.81. The Morgan fingerprint density at radius 3 is 2.78 bits per heavy atom. The molecule has 18 heavy (non-hydrogen) atoms. The van der Waals surface area contributed by atoms with Crippen molar-refractivity contribution in [3.05, 3.63) is 39.9 Å². The molecule has 1 aromatic rings. The summed E-state index contributed by atoms with van der Waals surface area (Å²) in [5.41, 5.74) is 0.736. The molecule has 0 spiro atoms. The summed E-state index contributed by atoms with van der Waals surface area (Å²) in [6, 6.07) is 4.94. The van der Waals surface area contributed by atoms with Gasteiger partial charge >= 0.3 is 11.9 Å². The minimum atomic E-state index is -1.01. The Morgan fingerprint density at radius 2 is 2.17 bits per heavy atom. The van der Waals surface area contributed by atoms with Gasteiger partial charge in [0.25, 0.3) is 0 Å². The molecule has 0 radical (unpaired) electrons. The van der Waals surface area contributed by atoms with Gasteiger partial charge in [-0.25, -0.2) is 4.79 Å². The third-order valence-electron chi connectivity index (χ3n) is 2.13. The number of esters is 1. The molecule has 5 heteroatoms. The number of halogens is 1. The molecular formula is C13H13BrO4. The Labute approximate surface area is 113 Å². The molecule has 96 valence electrons. The molecule has 0 amide bonds. The maximum absolute atomic E-state index is 11.1. The van der Waals surface area contributed by atoms with Crippen molar-refractivity contribution in [1.82, 2.24) is 0 Å². The van der Waals surface area contributed by atoms with Gasteiger partial charge in [0, 0.05) is 4.47 Å². The average Bonchev–Trinajstić information content (AvgIpc) is 2.31. The third kappa shape index (κ3) is 4.33. The number of rotatable bonds is 5. The van der Waals surface area contributed by atoms with E-state index < -0.39 is 5.97 Å². The molecule has 1 rings (SSSR count). The topological polar surface area (TPSA) is 63.6 Å². The van der Waals surface area contributed by atoms with Crippen LogP contribution in [0.2, 0.25) is 0 Å². The number of carboxylic acid groups (broad SMARTS) is 1. The molecule has 0 atom stereocenters.